The van der Waals surface area contributed by atoms with Crippen molar-refractivity contribution >= 4 is 5.82 Å². The van der Waals surface area contributed by atoms with Crippen LogP contribution in [0.4, 0.5) is 10.2 Å². The lowest BCUT2D eigenvalue weighted by Gasteiger charge is -1.98. The average molecular weight is 142 g/mol. The summed E-state index contributed by atoms with van der Waals surface area (Å²) in [4.78, 5) is 3.49. The first-order valence-electron chi connectivity index (χ1n) is 2.75. The van der Waals surface area contributed by atoms with Gasteiger partial charge < -0.3 is 10.8 Å². The van der Waals surface area contributed by atoms with Crippen molar-refractivity contribution in [1.82, 2.24) is 4.98 Å². The molecule has 0 aliphatic rings. The van der Waals surface area contributed by atoms with Crippen molar-refractivity contribution in [3.05, 3.63) is 23.6 Å². The molecular formula is C6H7FN2O. The van der Waals surface area contributed by atoms with Gasteiger partial charge in [-0.15, -0.1) is 0 Å². The van der Waals surface area contributed by atoms with Crippen LogP contribution in [0.15, 0.2) is 12.3 Å². The predicted octanol–water partition coefficient (Wildman–Crippen LogP) is 0.295. The SMILES string of the molecule is Nc1ncc(F)cc1CO. The van der Waals surface area contributed by atoms with Crippen LogP contribution in [0.1, 0.15) is 5.56 Å². The normalized spacial score (nSPS) is 9.80. The van der Waals surface area contributed by atoms with E-state index in [2.05, 4.69) is 4.98 Å². The summed E-state index contributed by atoms with van der Waals surface area (Å²) in [5.41, 5.74) is 5.58. The highest BCUT2D eigenvalue weighted by atomic mass is 19.1. The molecule has 0 amide bonds. The molecule has 3 N–H and O–H groups in total. The molecule has 0 fully saturated rings. The Morgan fingerprint density at radius 2 is 2.40 bits per heavy atom. The maximum atomic E-state index is 12.3. The number of nitrogens with two attached hydrogens (primary N) is 1. The quantitative estimate of drug-likeness (QED) is 0.592. The highest BCUT2D eigenvalue weighted by molar-refractivity contribution is 5.37. The zero-order chi connectivity index (χ0) is 7.56. The molecule has 0 atom stereocenters. The number of hydrogen-bond acceptors (Lipinski definition) is 3. The van der Waals surface area contributed by atoms with Crippen molar-refractivity contribution in [3.63, 3.8) is 0 Å². The third-order valence-electron chi connectivity index (χ3n) is 1.14. The lowest BCUT2D eigenvalue weighted by Crippen LogP contribution is -1.97. The van der Waals surface area contributed by atoms with Gasteiger partial charge in [-0.3, -0.25) is 0 Å². The smallest absolute Gasteiger partial charge is 0.142 e. The number of anilines is 1. The Balaban J connectivity index is 3.09. The van der Waals surface area contributed by atoms with E-state index < -0.39 is 5.82 Å². The minimum Gasteiger partial charge on any atom is -0.392 e. The third-order valence-corrected chi connectivity index (χ3v) is 1.14. The molecule has 0 aliphatic heterocycles. The van der Waals surface area contributed by atoms with Crippen LogP contribution in [0, 0.1) is 5.82 Å². The fraction of sp³-hybridized carbons (Fsp3) is 0.167. The Labute approximate surface area is 57.3 Å². The van der Waals surface area contributed by atoms with Gasteiger partial charge in [0.05, 0.1) is 12.8 Å². The minimum atomic E-state index is -0.488. The number of nitrogens with zero attached hydrogens (tertiary/aromatic N) is 1. The van der Waals surface area contributed by atoms with E-state index >= 15 is 0 Å². The molecule has 1 rings (SSSR count). The van der Waals surface area contributed by atoms with Crippen LogP contribution in [-0.2, 0) is 6.61 Å². The van der Waals surface area contributed by atoms with Crippen molar-refractivity contribution in [3.8, 4) is 0 Å². The van der Waals surface area contributed by atoms with E-state index in [0.717, 1.165) is 12.3 Å². The summed E-state index contributed by atoms with van der Waals surface area (Å²) in [5, 5.41) is 8.56. The van der Waals surface area contributed by atoms with E-state index in [9.17, 15) is 4.39 Å². The summed E-state index contributed by atoms with van der Waals surface area (Å²) < 4.78 is 12.3. The van der Waals surface area contributed by atoms with E-state index in [1.807, 2.05) is 0 Å². The van der Waals surface area contributed by atoms with Gasteiger partial charge in [0, 0.05) is 5.56 Å². The van der Waals surface area contributed by atoms with Crippen molar-refractivity contribution in [2.75, 3.05) is 5.73 Å². The molecule has 4 heteroatoms. The van der Waals surface area contributed by atoms with E-state index in [1.54, 1.807) is 0 Å². The average Bonchev–Trinajstić information content (AvgIpc) is 1.94. The van der Waals surface area contributed by atoms with Crippen LogP contribution in [0.25, 0.3) is 0 Å². The van der Waals surface area contributed by atoms with E-state index in [-0.39, 0.29) is 12.4 Å². The summed E-state index contributed by atoms with van der Waals surface area (Å²) in [6.45, 7) is -0.281. The molecule has 0 aliphatic carbocycles. The van der Waals surface area contributed by atoms with E-state index in [0.29, 0.717) is 5.56 Å². The summed E-state index contributed by atoms with van der Waals surface area (Å²) in [5.74, 6) is -0.317. The molecule has 1 heterocycles. The second kappa shape index (κ2) is 2.62. The van der Waals surface area contributed by atoms with Gasteiger partial charge in [0.1, 0.15) is 11.6 Å². The molecule has 10 heavy (non-hydrogen) atoms. The lowest BCUT2D eigenvalue weighted by molar-refractivity contribution is 0.281. The van der Waals surface area contributed by atoms with Crippen LogP contribution in [0.5, 0.6) is 0 Å². The zero-order valence-electron chi connectivity index (χ0n) is 5.21. The topological polar surface area (TPSA) is 59.1 Å². The van der Waals surface area contributed by atoms with Gasteiger partial charge in [-0.25, -0.2) is 9.37 Å². The van der Waals surface area contributed by atoms with Crippen LogP contribution < -0.4 is 5.73 Å². The number of rotatable bonds is 1. The van der Waals surface area contributed by atoms with Crippen LogP contribution in [-0.4, -0.2) is 10.1 Å². The van der Waals surface area contributed by atoms with Crippen LogP contribution in [0.2, 0.25) is 0 Å². The largest absolute Gasteiger partial charge is 0.392 e. The number of hydrogen-bond donors (Lipinski definition) is 2. The third kappa shape index (κ3) is 1.22. The summed E-state index contributed by atoms with van der Waals surface area (Å²) in [6.07, 6.45) is 1.01. The fourth-order valence-corrected chi connectivity index (χ4v) is 0.618. The van der Waals surface area contributed by atoms with Crippen molar-refractivity contribution in [2.45, 2.75) is 6.61 Å². The second-order valence-corrected chi connectivity index (χ2v) is 1.86. The van der Waals surface area contributed by atoms with Gasteiger partial charge in [0.15, 0.2) is 0 Å². The molecule has 0 spiro atoms. The van der Waals surface area contributed by atoms with Gasteiger partial charge in [-0.05, 0) is 6.07 Å². The molecule has 0 bridgehead atoms. The molecule has 0 saturated carbocycles. The molecule has 1 aromatic heterocycles. The molecule has 1 aromatic rings. The van der Waals surface area contributed by atoms with Crippen LogP contribution >= 0.6 is 0 Å². The molecule has 54 valence electrons. The number of halogens is 1. The van der Waals surface area contributed by atoms with E-state index in [4.69, 9.17) is 10.8 Å². The first-order valence-corrected chi connectivity index (χ1v) is 2.75. The van der Waals surface area contributed by atoms with Gasteiger partial charge in [-0.2, -0.15) is 0 Å². The van der Waals surface area contributed by atoms with E-state index in [1.165, 1.54) is 0 Å². The Hall–Kier alpha value is -1.16. The molecule has 0 aromatic carbocycles. The van der Waals surface area contributed by atoms with Crippen LogP contribution in [0.3, 0.4) is 0 Å². The van der Waals surface area contributed by atoms with Gasteiger partial charge in [0.25, 0.3) is 0 Å². The van der Waals surface area contributed by atoms with Crippen molar-refractivity contribution < 1.29 is 9.50 Å². The van der Waals surface area contributed by atoms with Gasteiger partial charge in [-0.1, -0.05) is 0 Å². The monoisotopic (exact) mass is 142 g/mol. The number of aromatic nitrogens is 1. The molecule has 0 radical (unpaired) electrons. The summed E-state index contributed by atoms with van der Waals surface area (Å²) in [6, 6.07) is 1.16. The second-order valence-electron chi connectivity index (χ2n) is 1.86. The van der Waals surface area contributed by atoms with Crippen molar-refractivity contribution in [1.29, 1.82) is 0 Å². The Kier molecular flexibility index (Phi) is 1.82. The number of aliphatic hydroxyl groups excluding tert-OH is 1. The molecule has 3 nitrogen and oxygen atoms in total. The highest BCUT2D eigenvalue weighted by Crippen LogP contribution is 2.08. The molecular weight excluding hydrogens is 135 g/mol. The Morgan fingerprint density at radius 3 is 2.90 bits per heavy atom. The fourth-order valence-electron chi connectivity index (χ4n) is 0.618. The lowest BCUT2D eigenvalue weighted by atomic mass is 10.3. The Morgan fingerprint density at radius 1 is 1.70 bits per heavy atom. The maximum absolute atomic E-state index is 12.3. The summed E-state index contributed by atoms with van der Waals surface area (Å²) >= 11 is 0. The number of aliphatic hydroxyl groups is 1. The first-order chi connectivity index (χ1) is 4.74. The van der Waals surface area contributed by atoms with Gasteiger partial charge >= 0.3 is 0 Å². The minimum absolute atomic E-state index is 0.170. The zero-order valence-corrected chi connectivity index (χ0v) is 5.21. The summed E-state index contributed by atoms with van der Waals surface area (Å²) in [7, 11) is 0. The first kappa shape index (κ1) is 6.95. The maximum Gasteiger partial charge on any atom is 0.142 e. The highest BCUT2D eigenvalue weighted by Gasteiger charge is 1.99. The Bertz CT molecular complexity index is 239. The number of pyridine rings is 1. The standard InChI is InChI=1S/C6H7FN2O/c7-5-1-4(3-10)6(8)9-2-5/h1-2,10H,3H2,(H2,8,9). The number of nitrogen functional groups attached to an aromatic ring is 1. The van der Waals surface area contributed by atoms with Crippen molar-refractivity contribution in [2.24, 2.45) is 0 Å². The van der Waals surface area contributed by atoms with Gasteiger partial charge in [0.2, 0.25) is 0 Å². The molecule has 0 saturated heterocycles. The molecule has 0 unspecified atom stereocenters. The predicted molar refractivity (Wildman–Crippen MR) is 34.5 cm³/mol.